The minimum Gasteiger partial charge on any atom is -0.379 e. The number of nitrogens with zero attached hydrogens (tertiary/aromatic N) is 3. The van der Waals surface area contributed by atoms with Crippen LogP contribution in [0.5, 0.6) is 0 Å². The highest BCUT2D eigenvalue weighted by atomic mass is 16.5. The van der Waals surface area contributed by atoms with Gasteiger partial charge in [0.1, 0.15) is 0 Å². The van der Waals surface area contributed by atoms with Crippen LogP contribution in [0.1, 0.15) is 32.1 Å². The zero-order valence-electron chi connectivity index (χ0n) is 16.2. The molecule has 0 unspecified atom stereocenters. The van der Waals surface area contributed by atoms with Crippen molar-refractivity contribution in [3.05, 3.63) is 18.5 Å². The van der Waals surface area contributed by atoms with Gasteiger partial charge in [0.2, 0.25) is 5.91 Å². The second-order valence-corrected chi connectivity index (χ2v) is 8.27. The first-order chi connectivity index (χ1) is 13.3. The third-order valence-electron chi connectivity index (χ3n) is 6.79. The molecule has 0 spiro atoms. The molecule has 0 aromatic carbocycles. The molecule has 3 atom stereocenters. The second kappa shape index (κ2) is 8.71. The SMILES string of the molecule is O=C(NCCCn1cccn1)[C@@]12CC[C@@H](N3CCOCC3)C[C@H]1CCNC2. The van der Waals surface area contributed by atoms with Crippen LogP contribution in [0.25, 0.3) is 0 Å². The summed E-state index contributed by atoms with van der Waals surface area (Å²) in [5, 5.41) is 11.0. The highest BCUT2D eigenvalue weighted by Gasteiger charge is 2.50. The fraction of sp³-hybridized carbons (Fsp3) is 0.800. The lowest BCUT2D eigenvalue weighted by Gasteiger charge is -2.50. The van der Waals surface area contributed by atoms with Gasteiger partial charge in [-0.1, -0.05) is 0 Å². The van der Waals surface area contributed by atoms with Crippen molar-refractivity contribution in [2.75, 3.05) is 45.9 Å². The quantitative estimate of drug-likeness (QED) is 0.722. The summed E-state index contributed by atoms with van der Waals surface area (Å²) in [4.78, 5) is 15.8. The Morgan fingerprint density at radius 3 is 3.04 bits per heavy atom. The number of rotatable bonds is 6. The summed E-state index contributed by atoms with van der Waals surface area (Å²) in [6.07, 6.45) is 9.07. The normalized spacial score (nSPS) is 32.0. The van der Waals surface area contributed by atoms with E-state index in [1.165, 1.54) is 0 Å². The molecule has 7 nitrogen and oxygen atoms in total. The van der Waals surface area contributed by atoms with E-state index in [4.69, 9.17) is 4.74 Å². The van der Waals surface area contributed by atoms with E-state index in [0.717, 1.165) is 84.6 Å². The standard InChI is InChI=1S/C20H33N5O2/c26-19(22-6-1-9-25-10-2-7-23-25)20-5-3-18(24-11-13-27-14-12-24)15-17(20)4-8-21-16-20/h2,7,10,17-18,21H,1,3-6,8-9,11-16H2,(H,22,26)/t17-,18-,20-/m1/s1. The smallest absolute Gasteiger partial charge is 0.227 e. The number of fused-ring (bicyclic) bond motifs is 1. The number of ether oxygens (including phenoxy) is 1. The molecule has 2 N–H and O–H groups in total. The van der Waals surface area contributed by atoms with Gasteiger partial charge in [-0.15, -0.1) is 0 Å². The summed E-state index contributed by atoms with van der Waals surface area (Å²) in [6, 6.07) is 2.56. The van der Waals surface area contributed by atoms with E-state index in [-0.39, 0.29) is 11.3 Å². The van der Waals surface area contributed by atoms with Gasteiger partial charge in [0.25, 0.3) is 0 Å². The monoisotopic (exact) mass is 375 g/mol. The van der Waals surface area contributed by atoms with Crippen LogP contribution in [-0.2, 0) is 16.1 Å². The first-order valence-corrected chi connectivity index (χ1v) is 10.6. The lowest BCUT2D eigenvalue weighted by atomic mass is 9.61. The van der Waals surface area contributed by atoms with Crippen molar-refractivity contribution in [2.45, 2.75) is 44.7 Å². The second-order valence-electron chi connectivity index (χ2n) is 8.27. The number of amides is 1. The Hall–Kier alpha value is -1.44. The van der Waals surface area contributed by atoms with Gasteiger partial charge >= 0.3 is 0 Å². The fourth-order valence-corrected chi connectivity index (χ4v) is 5.22. The number of aromatic nitrogens is 2. The molecular weight excluding hydrogens is 342 g/mol. The van der Waals surface area contributed by atoms with Gasteiger partial charge in [-0.2, -0.15) is 5.10 Å². The summed E-state index contributed by atoms with van der Waals surface area (Å²) in [6.45, 7) is 7.23. The van der Waals surface area contributed by atoms with E-state index >= 15 is 0 Å². The molecule has 27 heavy (non-hydrogen) atoms. The Kier molecular flexibility index (Phi) is 6.10. The van der Waals surface area contributed by atoms with E-state index in [2.05, 4.69) is 20.6 Å². The largest absolute Gasteiger partial charge is 0.379 e. The molecule has 1 saturated carbocycles. The van der Waals surface area contributed by atoms with Crippen molar-refractivity contribution in [2.24, 2.45) is 11.3 Å². The molecular formula is C20H33N5O2. The van der Waals surface area contributed by atoms with E-state index < -0.39 is 0 Å². The molecule has 1 amide bonds. The van der Waals surface area contributed by atoms with Crippen molar-refractivity contribution in [1.82, 2.24) is 25.3 Å². The van der Waals surface area contributed by atoms with Crippen LogP contribution in [0.3, 0.4) is 0 Å². The van der Waals surface area contributed by atoms with E-state index in [1.807, 2.05) is 16.9 Å². The van der Waals surface area contributed by atoms with Crippen LogP contribution in [0.4, 0.5) is 0 Å². The summed E-state index contributed by atoms with van der Waals surface area (Å²) < 4.78 is 7.43. The molecule has 1 aromatic rings. The van der Waals surface area contributed by atoms with Crippen molar-refractivity contribution >= 4 is 5.91 Å². The van der Waals surface area contributed by atoms with Crippen LogP contribution in [0.2, 0.25) is 0 Å². The predicted molar refractivity (Wildman–Crippen MR) is 103 cm³/mol. The third kappa shape index (κ3) is 4.20. The molecule has 2 saturated heterocycles. The molecule has 3 heterocycles. The summed E-state index contributed by atoms with van der Waals surface area (Å²) >= 11 is 0. The number of carbonyl (C=O) groups excluding carboxylic acids is 1. The van der Waals surface area contributed by atoms with Crippen LogP contribution >= 0.6 is 0 Å². The van der Waals surface area contributed by atoms with Crippen LogP contribution in [0.15, 0.2) is 18.5 Å². The zero-order chi connectivity index (χ0) is 18.5. The molecule has 1 aliphatic carbocycles. The van der Waals surface area contributed by atoms with Crippen molar-refractivity contribution in [3.63, 3.8) is 0 Å². The van der Waals surface area contributed by atoms with E-state index in [1.54, 1.807) is 6.20 Å². The van der Waals surface area contributed by atoms with Crippen LogP contribution in [0, 0.1) is 11.3 Å². The van der Waals surface area contributed by atoms with Gasteiger partial charge in [-0.05, 0) is 50.6 Å². The number of piperidine rings is 1. The highest BCUT2D eigenvalue weighted by molar-refractivity contribution is 5.83. The Morgan fingerprint density at radius 1 is 1.33 bits per heavy atom. The summed E-state index contributed by atoms with van der Waals surface area (Å²) in [5.74, 6) is 0.757. The molecule has 0 radical (unpaired) electrons. The van der Waals surface area contributed by atoms with Crippen LogP contribution in [-0.4, -0.2) is 72.6 Å². The minimum atomic E-state index is -0.216. The van der Waals surface area contributed by atoms with E-state index in [0.29, 0.717) is 12.0 Å². The maximum Gasteiger partial charge on any atom is 0.227 e. The predicted octanol–water partition coefficient (Wildman–Crippen LogP) is 0.870. The first kappa shape index (κ1) is 18.9. The Labute approximate surface area is 161 Å². The molecule has 2 aliphatic heterocycles. The summed E-state index contributed by atoms with van der Waals surface area (Å²) in [7, 11) is 0. The molecule has 3 aliphatic rings. The zero-order valence-corrected chi connectivity index (χ0v) is 16.2. The van der Waals surface area contributed by atoms with Gasteiger partial charge in [-0.25, -0.2) is 0 Å². The Morgan fingerprint density at radius 2 is 2.22 bits per heavy atom. The molecule has 150 valence electrons. The van der Waals surface area contributed by atoms with Gasteiger partial charge < -0.3 is 15.4 Å². The third-order valence-corrected chi connectivity index (χ3v) is 6.79. The highest BCUT2D eigenvalue weighted by Crippen LogP contribution is 2.46. The number of hydrogen-bond donors (Lipinski definition) is 2. The fourth-order valence-electron chi connectivity index (χ4n) is 5.22. The van der Waals surface area contributed by atoms with Gasteiger partial charge in [0.05, 0.1) is 18.6 Å². The number of morpholine rings is 1. The van der Waals surface area contributed by atoms with Gasteiger partial charge in [-0.3, -0.25) is 14.4 Å². The Bertz CT molecular complexity index is 602. The average Bonchev–Trinajstić information content (AvgIpc) is 3.25. The lowest BCUT2D eigenvalue weighted by molar-refractivity contribution is -0.140. The number of hydrogen-bond acceptors (Lipinski definition) is 5. The Balaban J connectivity index is 1.32. The number of carbonyl (C=O) groups is 1. The number of nitrogens with one attached hydrogen (secondary N) is 2. The lowest BCUT2D eigenvalue weighted by Crippen LogP contribution is -2.60. The maximum absolute atomic E-state index is 13.2. The van der Waals surface area contributed by atoms with Gasteiger partial charge in [0, 0.05) is 51.2 Å². The average molecular weight is 376 g/mol. The first-order valence-electron chi connectivity index (χ1n) is 10.6. The van der Waals surface area contributed by atoms with Gasteiger partial charge in [0.15, 0.2) is 0 Å². The molecule has 3 fully saturated rings. The molecule has 4 rings (SSSR count). The minimum absolute atomic E-state index is 0.216. The van der Waals surface area contributed by atoms with Crippen LogP contribution < -0.4 is 10.6 Å². The molecule has 1 aromatic heterocycles. The maximum atomic E-state index is 13.2. The molecule has 0 bridgehead atoms. The topological polar surface area (TPSA) is 71.4 Å². The van der Waals surface area contributed by atoms with Crippen molar-refractivity contribution in [1.29, 1.82) is 0 Å². The number of aryl methyl sites for hydroxylation is 1. The van der Waals surface area contributed by atoms with Crippen molar-refractivity contribution in [3.8, 4) is 0 Å². The van der Waals surface area contributed by atoms with E-state index in [9.17, 15) is 4.79 Å². The summed E-state index contributed by atoms with van der Waals surface area (Å²) in [5.41, 5.74) is -0.216. The van der Waals surface area contributed by atoms with Crippen molar-refractivity contribution < 1.29 is 9.53 Å². The molecule has 7 heteroatoms.